The van der Waals surface area contributed by atoms with Crippen molar-refractivity contribution in [3.8, 4) is 11.3 Å². The van der Waals surface area contributed by atoms with Crippen LogP contribution in [0.2, 0.25) is 0 Å². The van der Waals surface area contributed by atoms with Crippen LogP contribution in [0.5, 0.6) is 0 Å². The highest BCUT2D eigenvalue weighted by molar-refractivity contribution is 7.92. The Balaban J connectivity index is 1.59. The molecule has 0 saturated carbocycles. The molecule has 0 radical (unpaired) electrons. The van der Waals surface area contributed by atoms with Crippen LogP contribution in [0, 0.1) is 6.92 Å². The minimum Gasteiger partial charge on any atom is -0.337 e. The molecule has 0 saturated heterocycles. The number of nitrogens with zero attached hydrogens (tertiary/aromatic N) is 5. The number of nitrogens with one attached hydrogen (secondary N) is 1. The second kappa shape index (κ2) is 5.95. The Bertz CT molecular complexity index is 1140. The van der Waals surface area contributed by atoms with Crippen molar-refractivity contribution in [2.24, 2.45) is 7.05 Å². The number of hydrogen-bond donors (Lipinski definition) is 1. The van der Waals surface area contributed by atoms with Crippen molar-refractivity contribution in [2.75, 3.05) is 4.72 Å². The van der Waals surface area contributed by atoms with Gasteiger partial charge in [0.2, 0.25) is 5.78 Å². The molecule has 0 aliphatic carbocycles. The molecule has 8 nitrogen and oxygen atoms in total. The lowest BCUT2D eigenvalue weighted by Gasteiger charge is -2.06. The molecule has 1 aromatic carbocycles. The van der Waals surface area contributed by atoms with Gasteiger partial charge in [0, 0.05) is 43.1 Å². The summed E-state index contributed by atoms with van der Waals surface area (Å²) >= 11 is 0. The summed E-state index contributed by atoms with van der Waals surface area (Å²) in [5, 5.41) is -0.00648. The number of aryl methyl sites for hydroxylation is 2. The molecule has 3 heterocycles. The highest BCUT2D eigenvalue weighted by atomic mass is 32.2. The number of benzene rings is 1. The van der Waals surface area contributed by atoms with Crippen LogP contribution in [0.25, 0.3) is 17.0 Å². The van der Waals surface area contributed by atoms with Crippen molar-refractivity contribution >= 4 is 21.5 Å². The second-order valence-corrected chi connectivity index (χ2v) is 7.50. The first-order valence-corrected chi connectivity index (χ1v) is 9.34. The van der Waals surface area contributed by atoms with Gasteiger partial charge in [-0.1, -0.05) is 12.1 Å². The van der Waals surface area contributed by atoms with Gasteiger partial charge in [0.25, 0.3) is 10.0 Å². The first-order valence-electron chi connectivity index (χ1n) is 7.85. The summed E-state index contributed by atoms with van der Waals surface area (Å²) in [6.45, 7) is 1.75. The van der Waals surface area contributed by atoms with Gasteiger partial charge in [-0.05, 0) is 25.1 Å². The summed E-state index contributed by atoms with van der Waals surface area (Å²) in [7, 11) is -1.97. The third-order valence-electron chi connectivity index (χ3n) is 4.03. The van der Waals surface area contributed by atoms with E-state index in [9.17, 15) is 8.42 Å². The van der Waals surface area contributed by atoms with Crippen molar-refractivity contribution in [2.45, 2.75) is 11.9 Å². The normalized spacial score (nSPS) is 11.8. The minimum atomic E-state index is -3.72. The molecule has 26 heavy (non-hydrogen) atoms. The van der Waals surface area contributed by atoms with Crippen LogP contribution < -0.4 is 4.72 Å². The van der Waals surface area contributed by atoms with Crippen molar-refractivity contribution < 1.29 is 8.42 Å². The maximum absolute atomic E-state index is 12.4. The lowest BCUT2D eigenvalue weighted by atomic mass is 10.1. The van der Waals surface area contributed by atoms with Gasteiger partial charge in [0.1, 0.15) is 5.82 Å². The average molecular weight is 368 g/mol. The Morgan fingerprint density at radius 3 is 2.50 bits per heavy atom. The van der Waals surface area contributed by atoms with Gasteiger partial charge >= 0.3 is 0 Å². The van der Waals surface area contributed by atoms with E-state index in [2.05, 4.69) is 19.7 Å². The second-order valence-electron chi connectivity index (χ2n) is 5.87. The SMILES string of the molecule is Cc1nc(S(=O)(=O)Nc2ccc(-c3cn4cccnc4n3)cc2)cn1C. The van der Waals surface area contributed by atoms with Crippen LogP contribution in [0.4, 0.5) is 5.69 Å². The summed E-state index contributed by atoms with van der Waals surface area (Å²) in [6, 6.07) is 8.84. The minimum absolute atomic E-state index is 0.00648. The summed E-state index contributed by atoms with van der Waals surface area (Å²) in [6.07, 6.45) is 6.91. The first kappa shape index (κ1) is 16.3. The Labute approximate surface area is 150 Å². The molecular formula is C17H16N6O2S. The third-order valence-corrected chi connectivity index (χ3v) is 5.28. The van der Waals surface area contributed by atoms with E-state index in [1.54, 1.807) is 36.9 Å². The number of fused-ring (bicyclic) bond motifs is 1. The molecule has 0 unspecified atom stereocenters. The van der Waals surface area contributed by atoms with Crippen molar-refractivity contribution in [1.82, 2.24) is 23.9 Å². The van der Waals surface area contributed by atoms with Gasteiger partial charge in [-0.15, -0.1) is 0 Å². The van der Waals surface area contributed by atoms with Crippen LogP contribution >= 0.6 is 0 Å². The average Bonchev–Trinajstić information content (AvgIpc) is 3.19. The molecule has 0 bridgehead atoms. The fourth-order valence-electron chi connectivity index (χ4n) is 2.54. The van der Waals surface area contributed by atoms with Gasteiger partial charge in [-0.2, -0.15) is 8.42 Å². The Kier molecular flexibility index (Phi) is 3.73. The predicted molar refractivity (Wildman–Crippen MR) is 97.2 cm³/mol. The van der Waals surface area contributed by atoms with Gasteiger partial charge < -0.3 is 4.57 Å². The number of anilines is 1. The van der Waals surface area contributed by atoms with Crippen molar-refractivity contribution in [3.05, 3.63) is 60.9 Å². The van der Waals surface area contributed by atoms with Crippen LogP contribution in [0.15, 0.2) is 60.1 Å². The summed E-state index contributed by atoms with van der Waals surface area (Å²) in [5.41, 5.74) is 2.09. The van der Waals surface area contributed by atoms with E-state index >= 15 is 0 Å². The van der Waals surface area contributed by atoms with Crippen LogP contribution in [-0.4, -0.2) is 32.3 Å². The van der Waals surface area contributed by atoms with E-state index in [1.807, 2.05) is 35.0 Å². The molecule has 0 aliphatic rings. The molecule has 4 aromatic rings. The molecule has 132 valence electrons. The number of hydrogen-bond acceptors (Lipinski definition) is 5. The van der Waals surface area contributed by atoms with Gasteiger partial charge in [-0.3, -0.25) is 9.12 Å². The molecular weight excluding hydrogens is 352 g/mol. The quantitative estimate of drug-likeness (QED) is 0.596. The van der Waals surface area contributed by atoms with E-state index in [4.69, 9.17) is 0 Å². The number of imidazole rings is 2. The molecule has 4 rings (SSSR count). The van der Waals surface area contributed by atoms with E-state index in [0.717, 1.165) is 11.3 Å². The van der Waals surface area contributed by atoms with Crippen LogP contribution in [-0.2, 0) is 17.1 Å². The van der Waals surface area contributed by atoms with E-state index < -0.39 is 10.0 Å². The zero-order chi connectivity index (χ0) is 18.3. The summed E-state index contributed by atoms with van der Waals surface area (Å²) in [5.74, 6) is 1.24. The van der Waals surface area contributed by atoms with E-state index in [0.29, 0.717) is 17.3 Å². The number of aromatic nitrogens is 5. The van der Waals surface area contributed by atoms with E-state index in [1.165, 1.54) is 6.20 Å². The van der Waals surface area contributed by atoms with Crippen LogP contribution in [0.1, 0.15) is 5.82 Å². The highest BCUT2D eigenvalue weighted by Gasteiger charge is 2.18. The lowest BCUT2D eigenvalue weighted by Crippen LogP contribution is -2.13. The Morgan fingerprint density at radius 2 is 1.85 bits per heavy atom. The Morgan fingerprint density at radius 1 is 1.08 bits per heavy atom. The molecule has 0 spiro atoms. The van der Waals surface area contributed by atoms with Crippen molar-refractivity contribution in [1.29, 1.82) is 0 Å². The van der Waals surface area contributed by atoms with Crippen molar-refractivity contribution in [3.63, 3.8) is 0 Å². The maximum atomic E-state index is 12.4. The largest absolute Gasteiger partial charge is 0.337 e. The molecule has 1 N–H and O–H groups in total. The molecule has 0 fully saturated rings. The Hall–Kier alpha value is -3.20. The third kappa shape index (κ3) is 2.93. The maximum Gasteiger partial charge on any atom is 0.280 e. The topological polar surface area (TPSA) is 94.2 Å². The molecule has 0 aliphatic heterocycles. The fraction of sp³-hybridized carbons (Fsp3) is 0.118. The molecule has 3 aromatic heterocycles. The predicted octanol–water partition coefficient (Wildman–Crippen LogP) is 2.24. The number of rotatable bonds is 4. The first-order chi connectivity index (χ1) is 12.4. The van der Waals surface area contributed by atoms with Crippen LogP contribution in [0.3, 0.4) is 0 Å². The monoisotopic (exact) mass is 368 g/mol. The lowest BCUT2D eigenvalue weighted by molar-refractivity contribution is 0.598. The molecule has 9 heteroatoms. The summed E-state index contributed by atoms with van der Waals surface area (Å²) < 4.78 is 30.9. The number of sulfonamides is 1. The van der Waals surface area contributed by atoms with Gasteiger partial charge in [0.05, 0.1) is 5.69 Å². The highest BCUT2D eigenvalue weighted by Crippen LogP contribution is 2.22. The smallest absolute Gasteiger partial charge is 0.280 e. The van der Waals surface area contributed by atoms with Gasteiger partial charge in [-0.25, -0.2) is 15.0 Å². The molecule has 0 atom stereocenters. The summed E-state index contributed by atoms with van der Waals surface area (Å²) in [4.78, 5) is 12.7. The zero-order valence-corrected chi connectivity index (χ0v) is 15.0. The van der Waals surface area contributed by atoms with Gasteiger partial charge in [0.15, 0.2) is 5.03 Å². The molecule has 0 amide bonds. The fourth-order valence-corrected chi connectivity index (χ4v) is 3.64. The van der Waals surface area contributed by atoms with E-state index in [-0.39, 0.29) is 5.03 Å². The zero-order valence-electron chi connectivity index (χ0n) is 14.2. The standard InChI is InChI=1S/C17H16N6O2S/c1-12-19-16(11-22(12)2)26(24,25)21-14-6-4-13(5-7-14)15-10-23-9-3-8-18-17(23)20-15/h3-11,21H,1-2H3.